The van der Waals surface area contributed by atoms with Gasteiger partial charge in [0.25, 0.3) is 5.91 Å². The van der Waals surface area contributed by atoms with Gasteiger partial charge in [0.15, 0.2) is 0 Å². The molecule has 4 rings (SSSR count). The Hall–Kier alpha value is -5.19. The van der Waals surface area contributed by atoms with Gasteiger partial charge >= 0.3 is 6.03 Å². The van der Waals surface area contributed by atoms with Gasteiger partial charge in [0.2, 0.25) is 17.8 Å². The van der Waals surface area contributed by atoms with Crippen LogP contribution in [0.4, 0.5) is 33.8 Å². The van der Waals surface area contributed by atoms with Crippen molar-refractivity contribution < 1.29 is 14.4 Å². The van der Waals surface area contributed by atoms with Gasteiger partial charge < -0.3 is 27.0 Å². The lowest BCUT2D eigenvalue weighted by Crippen LogP contribution is -2.22. The van der Waals surface area contributed by atoms with Crippen molar-refractivity contribution >= 4 is 57.6 Å². The number of nitrogens with one attached hydrogen (secondary N) is 4. The molecule has 3 amide bonds. The van der Waals surface area contributed by atoms with Crippen LogP contribution in [-0.2, 0) is 4.79 Å². The van der Waals surface area contributed by atoms with E-state index in [0.29, 0.717) is 22.6 Å². The molecule has 11 nitrogen and oxygen atoms in total. The largest absolute Gasteiger partial charge is 0.368 e. The fraction of sp³-hybridized carbons (Fsp3) is 0.0417. The fourth-order valence-electron chi connectivity index (χ4n) is 3.28. The number of nitrogens with zero attached hydrogens (tertiary/aromatic N) is 3. The maximum Gasteiger partial charge on any atom is 0.349 e. The summed E-state index contributed by atoms with van der Waals surface area (Å²) in [6.45, 7) is 3.43. The Morgan fingerprint density at radius 3 is 2.11 bits per heavy atom. The van der Waals surface area contributed by atoms with E-state index in [1.807, 2.05) is 18.2 Å². The molecule has 11 heteroatoms. The van der Waals surface area contributed by atoms with E-state index in [4.69, 9.17) is 5.73 Å². The van der Waals surface area contributed by atoms with Crippen molar-refractivity contribution in [1.82, 2.24) is 20.1 Å². The number of aromatic nitrogens is 3. The van der Waals surface area contributed by atoms with Crippen LogP contribution in [0, 0.1) is 0 Å². The van der Waals surface area contributed by atoms with Crippen molar-refractivity contribution in [3.05, 3.63) is 78.9 Å². The molecule has 0 saturated heterocycles. The van der Waals surface area contributed by atoms with Gasteiger partial charge in [-0.05, 0) is 65.4 Å². The van der Waals surface area contributed by atoms with Gasteiger partial charge in [-0.25, -0.2) is 4.79 Å². The Morgan fingerprint density at radius 1 is 0.914 bits per heavy atom. The van der Waals surface area contributed by atoms with Gasteiger partial charge in [-0.3, -0.25) is 9.59 Å². The summed E-state index contributed by atoms with van der Waals surface area (Å²) >= 11 is 0. The third-order valence-corrected chi connectivity index (χ3v) is 5.00. The highest BCUT2D eigenvalue weighted by molar-refractivity contribution is 6.01. The molecule has 4 aromatic rings. The quantitative estimate of drug-likeness (QED) is 0.271. The average Bonchev–Trinajstić information content (AvgIpc) is 3.23. The van der Waals surface area contributed by atoms with E-state index in [1.165, 1.54) is 6.08 Å². The van der Waals surface area contributed by atoms with Gasteiger partial charge in [-0.2, -0.15) is 4.98 Å². The Balaban J connectivity index is 1.46. The highest BCUT2D eigenvalue weighted by Gasteiger charge is 2.15. The lowest BCUT2D eigenvalue weighted by atomic mass is 10.1. The molecule has 0 radical (unpaired) electrons. The summed E-state index contributed by atoms with van der Waals surface area (Å²) in [4.78, 5) is 40.0. The molecule has 0 saturated carbocycles. The van der Waals surface area contributed by atoms with Crippen LogP contribution in [0.25, 0.3) is 10.8 Å². The zero-order valence-corrected chi connectivity index (χ0v) is 18.7. The lowest BCUT2D eigenvalue weighted by molar-refractivity contribution is -0.111. The molecule has 6 N–H and O–H groups in total. The van der Waals surface area contributed by atoms with Crippen LogP contribution in [0.15, 0.2) is 73.3 Å². The summed E-state index contributed by atoms with van der Waals surface area (Å²) in [6.07, 6.45) is 1.20. The number of nitrogen functional groups attached to an aromatic ring is 1. The fourth-order valence-corrected chi connectivity index (χ4v) is 3.28. The van der Waals surface area contributed by atoms with E-state index >= 15 is 0 Å². The van der Waals surface area contributed by atoms with Gasteiger partial charge in [0.1, 0.15) is 0 Å². The maximum absolute atomic E-state index is 12.7. The second-order valence-corrected chi connectivity index (χ2v) is 7.39. The molecular weight excluding hydrogens is 448 g/mol. The predicted octanol–water partition coefficient (Wildman–Crippen LogP) is 3.32. The predicted molar refractivity (Wildman–Crippen MR) is 135 cm³/mol. The third kappa shape index (κ3) is 5.25. The Kier molecular flexibility index (Phi) is 6.40. The number of carbonyl (C=O) groups excluding carboxylic acids is 3. The summed E-state index contributed by atoms with van der Waals surface area (Å²) in [6, 6.07) is 16.8. The summed E-state index contributed by atoms with van der Waals surface area (Å²) < 4.78 is 0.944. The van der Waals surface area contributed by atoms with Crippen molar-refractivity contribution in [2.24, 2.45) is 0 Å². The minimum absolute atomic E-state index is 0.102. The highest BCUT2D eigenvalue weighted by Crippen LogP contribution is 2.23. The minimum atomic E-state index is -0.591. The number of hydrogen-bond acceptors (Lipinski definition) is 7. The van der Waals surface area contributed by atoms with E-state index < -0.39 is 6.03 Å². The van der Waals surface area contributed by atoms with E-state index in [0.717, 1.165) is 15.5 Å². The highest BCUT2D eigenvalue weighted by atomic mass is 16.2. The SMILES string of the molecule is C=CC(=O)Nc1ccc2cc(NC(=O)n3nc(Nc4ccc(C(=O)NC)cc4)nc3N)ccc2c1. The molecule has 0 atom stereocenters. The first kappa shape index (κ1) is 23.0. The topological polar surface area (TPSA) is 156 Å². The first-order chi connectivity index (χ1) is 16.9. The van der Waals surface area contributed by atoms with Gasteiger partial charge in [0.05, 0.1) is 0 Å². The first-order valence-corrected chi connectivity index (χ1v) is 10.5. The van der Waals surface area contributed by atoms with Crippen LogP contribution in [0.2, 0.25) is 0 Å². The summed E-state index contributed by atoms with van der Waals surface area (Å²) in [7, 11) is 1.55. The van der Waals surface area contributed by atoms with Crippen molar-refractivity contribution in [2.75, 3.05) is 28.7 Å². The van der Waals surface area contributed by atoms with Crippen LogP contribution >= 0.6 is 0 Å². The standard InChI is InChI=1S/C24H22N8O3/c1-3-20(33)27-18-10-6-16-13-19(11-7-15(16)12-18)29-24(35)32-22(25)30-23(31-32)28-17-8-4-14(5-9-17)21(34)26-2/h3-13H,1H2,2H3,(H,26,34)(H,27,33)(H,29,35)(H3,25,28,30,31). The number of rotatable bonds is 6. The normalized spacial score (nSPS) is 10.4. The minimum Gasteiger partial charge on any atom is -0.368 e. The van der Waals surface area contributed by atoms with Crippen LogP contribution in [0.5, 0.6) is 0 Å². The molecule has 176 valence electrons. The number of carbonyl (C=O) groups is 3. The van der Waals surface area contributed by atoms with Crippen molar-refractivity contribution in [3.8, 4) is 0 Å². The Morgan fingerprint density at radius 2 is 1.51 bits per heavy atom. The summed E-state index contributed by atoms with van der Waals surface area (Å²) in [5.41, 5.74) is 8.17. The molecule has 0 aliphatic carbocycles. The molecule has 0 bridgehead atoms. The molecule has 3 aromatic carbocycles. The third-order valence-electron chi connectivity index (χ3n) is 5.00. The Bertz CT molecular complexity index is 1440. The number of anilines is 5. The maximum atomic E-state index is 12.7. The molecule has 1 aromatic heterocycles. The number of amides is 3. The molecule has 0 spiro atoms. The van der Waals surface area contributed by atoms with Gasteiger partial charge in [0, 0.05) is 29.7 Å². The molecule has 1 heterocycles. The zero-order valence-electron chi connectivity index (χ0n) is 18.7. The molecular formula is C24H22N8O3. The molecule has 35 heavy (non-hydrogen) atoms. The molecule has 0 fully saturated rings. The second kappa shape index (κ2) is 9.75. The second-order valence-electron chi connectivity index (χ2n) is 7.39. The van der Waals surface area contributed by atoms with Crippen LogP contribution in [0.3, 0.4) is 0 Å². The van der Waals surface area contributed by atoms with Crippen molar-refractivity contribution in [2.45, 2.75) is 0 Å². The average molecular weight is 470 g/mol. The summed E-state index contributed by atoms with van der Waals surface area (Å²) in [5, 5.41) is 16.8. The lowest BCUT2D eigenvalue weighted by Gasteiger charge is -2.08. The van der Waals surface area contributed by atoms with E-state index in [9.17, 15) is 14.4 Å². The van der Waals surface area contributed by atoms with E-state index in [2.05, 4.69) is 37.9 Å². The Labute approximate surface area is 200 Å². The van der Waals surface area contributed by atoms with E-state index in [1.54, 1.807) is 49.5 Å². The van der Waals surface area contributed by atoms with E-state index in [-0.39, 0.29) is 23.7 Å². The monoisotopic (exact) mass is 470 g/mol. The van der Waals surface area contributed by atoms with Crippen LogP contribution in [-0.4, -0.2) is 39.7 Å². The molecule has 0 aliphatic heterocycles. The van der Waals surface area contributed by atoms with Crippen LogP contribution < -0.4 is 27.0 Å². The summed E-state index contributed by atoms with van der Waals surface area (Å²) in [5.74, 6) is -0.477. The number of nitrogens with two attached hydrogens (primary N) is 1. The smallest absolute Gasteiger partial charge is 0.349 e. The zero-order chi connectivity index (χ0) is 24.9. The number of fused-ring (bicyclic) bond motifs is 1. The van der Waals surface area contributed by atoms with Gasteiger partial charge in [-0.15, -0.1) is 9.78 Å². The molecule has 0 aliphatic rings. The van der Waals surface area contributed by atoms with Crippen molar-refractivity contribution in [1.29, 1.82) is 0 Å². The van der Waals surface area contributed by atoms with Crippen LogP contribution in [0.1, 0.15) is 10.4 Å². The first-order valence-electron chi connectivity index (χ1n) is 10.5. The molecule has 0 unspecified atom stereocenters. The van der Waals surface area contributed by atoms with Crippen molar-refractivity contribution in [3.63, 3.8) is 0 Å². The number of hydrogen-bond donors (Lipinski definition) is 5. The van der Waals surface area contributed by atoms with Gasteiger partial charge in [-0.1, -0.05) is 18.7 Å². The number of benzene rings is 3.